The number of rotatable bonds is 6. The van der Waals surface area contributed by atoms with Crippen LogP contribution in [-0.4, -0.2) is 24.5 Å². The summed E-state index contributed by atoms with van der Waals surface area (Å²) in [7, 11) is -3.90. The molecule has 3 aromatic carbocycles. The van der Waals surface area contributed by atoms with Crippen molar-refractivity contribution in [1.29, 1.82) is 0 Å². The minimum absolute atomic E-state index is 0.125. The standard InChI is InChI=1S/C27H28FNO3S/c1-18-14-19(2)27(20(3)15-18)33(31,32)29-17-23-7-5-4-6-22(23)16-25(29)26(30)13-10-21-8-11-24(28)12-9-21/h4-9,11-12,14-15,25H,10,13,16-17H2,1-3H3. The van der Waals surface area contributed by atoms with Gasteiger partial charge in [0.2, 0.25) is 10.0 Å². The molecular formula is C27H28FNO3S. The Kier molecular flexibility index (Phi) is 6.50. The van der Waals surface area contributed by atoms with Crippen molar-refractivity contribution in [2.45, 2.75) is 57.5 Å². The van der Waals surface area contributed by atoms with Gasteiger partial charge in [-0.2, -0.15) is 4.31 Å². The van der Waals surface area contributed by atoms with E-state index in [2.05, 4.69) is 0 Å². The highest BCUT2D eigenvalue weighted by Crippen LogP contribution is 2.33. The highest BCUT2D eigenvalue weighted by molar-refractivity contribution is 7.89. The summed E-state index contributed by atoms with van der Waals surface area (Å²) in [5.41, 5.74) is 5.14. The lowest BCUT2D eigenvalue weighted by Gasteiger charge is -2.36. The lowest BCUT2D eigenvalue weighted by molar-refractivity contribution is -0.123. The van der Waals surface area contributed by atoms with Crippen LogP contribution in [0, 0.1) is 26.6 Å². The highest BCUT2D eigenvalue weighted by atomic mass is 32.2. The SMILES string of the molecule is Cc1cc(C)c(S(=O)(=O)N2Cc3ccccc3CC2C(=O)CCc2ccc(F)cc2)c(C)c1. The zero-order valence-corrected chi connectivity index (χ0v) is 20.0. The highest BCUT2D eigenvalue weighted by Gasteiger charge is 2.40. The molecule has 0 aliphatic carbocycles. The second-order valence-electron chi connectivity index (χ2n) is 8.86. The number of fused-ring (bicyclic) bond motifs is 1. The second-order valence-corrected chi connectivity index (χ2v) is 10.7. The van der Waals surface area contributed by atoms with Crippen LogP contribution in [0.25, 0.3) is 0 Å². The van der Waals surface area contributed by atoms with Gasteiger partial charge in [-0.05, 0) is 73.6 Å². The van der Waals surface area contributed by atoms with E-state index in [0.29, 0.717) is 24.0 Å². The first-order valence-corrected chi connectivity index (χ1v) is 12.5. The van der Waals surface area contributed by atoms with Gasteiger partial charge in [-0.3, -0.25) is 4.79 Å². The molecule has 4 nitrogen and oxygen atoms in total. The number of benzene rings is 3. The molecule has 4 rings (SSSR count). The number of hydrogen-bond donors (Lipinski definition) is 0. The summed E-state index contributed by atoms with van der Waals surface area (Å²) >= 11 is 0. The molecule has 0 bridgehead atoms. The van der Waals surface area contributed by atoms with Crippen LogP contribution in [0.4, 0.5) is 4.39 Å². The maximum atomic E-state index is 13.9. The van der Waals surface area contributed by atoms with E-state index in [4.69, 9.17) is 0 Å². The van der Waals surface area contributed by atoms with Crippen molar-refractivity contribution in [1.82, 2.24) is 4.31 Å². The van der Waals surface area contributed by atoms with Gasteiger partial charge in [0.15, 0.2) is 5.78 Å². The molecule has 33 heavy (non-hydrogen) atoms. The zero-order valence-electron chi connectivity index (χ0n) is 19.1. The van der Waals surface area contributed by atoms with Gasteiger partial charge in [0.25, 0.3) is 0 Å². The Morgan fingerprint density at radius 2 is 1.58 bits per heavy atom. The summed E-state index contributed by atoms with van der Waals surface area (Å²) in [6, 6.07) is 16.7. The molecule has 0 radical (unpaired) electrons. The van der Waals surface area contributed by atoms with Crippen molar-refractivity contribution in [3.05, 3.63) is 99.9 Å². The number of aryl methyl sites for hydroxylation is 4. The van der Waals surface area contributed by atoms with Crippen LogP contribution in [0.5, 0.6) is 0 Å². The average Bonchev–Trinajstić information content (AvgIpc) is 2.76. The summed E-state index contributed by atoms with van der Waals surface area (Å²) in [4.78, 5) is 13.7. The number of Topliss-reactive ketones (excluding diaryl/α,β-unsaturated/α-hetero) is 1. The van der Waals surface area contributed by atoms with Crippen LogP contribution in [0.3, 0.4) is 0 Å². The number of halogens is 1. The van der Waals surface area contributed by atoms with Gasteiger partial charge in [0.1, 0.15) is 5.82 Å². The zero-order chi connectivity index (χ0) is 23.8. The van der Waals surface area contributed by atoms with Gasteiger partial charge >= 0.3 is 0 Å². The summed E-state index contributed by atoms with van der Waals surface area (Å²) in [5.74, 6) is -0.449. The molecule has 0 amide bonds. The molecule has 172 valence electrons. The topological polar surface area (TPSA) is 54.5 Å². The number of sulfonamides is 1. The van der Waals surface area contributed by atoms with Crippen LogP contribution in [0.2, 0.25) is 0 Å². The van der Waals surface area contributed by atoms with Crippen molar-refractivity contribution in [2.24, 2.45) is 0 Å². The molecule has 6 heteroatoms. The molecule has 1 aliphatic heterocycles. The Labute approximate surface area is 195 Å². The normalized spacial score (nSPS) is 16.4. The summed E-state index contributed by atoms with van der Waals surface area (Å²) < 4.78 is 42.4. The Morgan fingerprint density at radius 1 is 0.970 bits per heavy atom. The largest absolute Gasteiger partial charge is 0.298 e. The number of carbonyl (C=O) groups excluding carboxylic acids is 1. The Hall–Kier alpha value is -2.83. The van der Waals surface area contributed by atoms with E-state index in [1.54, 1.807) is 26.0 Å². The summed E-state index contributed by atoms with van der Waals surface area (Å²) in [6.45, 7) is 5.71. The lowest BCUT2D eigenvalue weighted by Crippen LogP contribution is -2.48. The second kappa shape index (κ2) is 9.20. The Bertz CT molecular complexity index is 1280. The monoisotopic (exact) mass is 465 g/mol. The first-order valence-electron chi connectivity index (χ1n) is 11.1. The van der Waals surface area contributed by atoms with Crippen LogP contribution >= 0.6 is 0 Å². The van der Waals surface area contributed by atoms with Gasteiger partial charge in [-0.15, -0.1) is 0 Å². The molecule has 3 aromatic rings. The third-order valence-electron chi connectivity index (χ3n) is 6.32. The quantitative estimate of drug-likeness (QED) is 0.511. The minimum Gasteiger partial charge on any atom is -0.298 e. The first kappa shape index (κ1) is 23.3. The predicted octanol–water partition coefficient (Wildman–Crippen LogP) is 5.07. The first-order chi connectivity index (χ1) is 15.7. The van der Waals surface area contributed by atoms with Gasteiger partial charge in [-0.25, -0.2) is 12.8 Å². The van der Waals surface area contributed by atoms with Crippen molar-refractivity contribution in [3.63, 3.8) is 0 Å². The van der Waals surface area contributed by atoms with E-state index in [1.807, 2.05) is 43.3 Å². The molecule has 0 fully saturated rings. The van der Waals surface area contributed by atoms with Crippen molar-refractivity contribution >= 4 is 15.8 Å². The van der Waals surface area contributed by atoms with Crippen LogP contribution in [-0.2, 0) is 34.2 Å². The van der Waals surface area contributed by atoms with Gasteiger partial charge in [-0.1, -0.05) is 54.1 Å². The molecular weight excluding hydrogens is 437 g/mol. The van der Waals surface area contributed by atoms with Gasteiger partial charge < -0.3 is 0 Å². The molecule has 1 aliphatic rings. The molecule has 0 saturated carbocycles. The van der Waals surface area contributed by atoms with Gasteiger partial charge in [0, 0.05) is 13.0 Å². The maximum absolute atomic E-state index is 13.9. The number of hydrogen-bond acceptors (Lipinski definition) is 3. The fourth-order valence-corrected chi connectivity index (χ4v) is 6.80. The fourth-order valence-electron chi connectivity index (χ4n) is 4.80. The number of carbonyl (C=O) groups is 1. The molecule has 0 aromatic heterocycles. The third kappa shape index (κ3) is 4.77. The van der Waals surface area contributed by atoms with Gasteiger partial charge in [0.05, 0.1) is 10.9 Å². The maximum Gasteiger partial charge on any atom is 0.244 e. The van der Waals surface area contributed by atoms with E-state index >= 15 is 0 Å². The lowest BCUT2D eigenvalue weighted by atomic mass is 9.91. The molecule has 1 atom stereocenters. The minimum atomic E-state index is -3.90. The van der Waals surface area contributed by atoms with Crippen LogP contribution in [0.1, 0.15) is 39.8 Å². The number of nitrogens with zero attached hydrogens (tertiary/aromatic N) is 1. The van der Waals surface area contributed by atoms with Crippen LogP contribution < -0.4 is 0 Å². The fraction of sp³-hybridized carbons (Fsp3) is 0.296. The van der Waals surface area contributed by atoms with E-state index in [0.717, 1.165) is 22.3 Å². The number of ketones is 1. The molecule has 0 saturated heterocycles. The molecule has 1 heterocycles. The Morgan fingerprint density at radius 3 is 2.21 bits per heavy atom. The smallest absolute Gasteiger partial charge is 0.244 e. The summed E-state index contributed by atoms with van der Waals surface area (Å²) in [5, 5.41) is 0. The molecule has 0 N–H and O–H groups in total. The predicted molar refractivity (Wildman–Crippen MR) is 127 cm³/mol. The molecule has 1 unspecified atom stereocenters. The van der Waals surface area contributed by atoms with Crippen molar-refractivity contribution in [3.8, 4) is 0 Å². The van der Waals surface area contributed by atoms with Crippen LogP contribution in [0.15, 0.2) is 65.6 Å². The Balaban J connectivity index is 1.69. The molecule has 0 spiro atoms. The van der Waals surface area contributed by atoms with E-state index in [9.17, 15) is 17.6 Å². The van der Waals surface area contributed by atoms with E-state index in [-0.39, 0.29) is 29.5 Å². The van der Waals surface area contributed by atoms with E-state index in [1.165, 1.54) is 16.4 Å². The summed E-state index contributed by atoms with van der Waals surface area (Å²) in [6.07, 6.45) is 0.978. The van der Waals surface area contributed by atoms with Crippen molar-refractivity contribution in [2.75, 3.05) is 0 Å². The third-order valence-corrected chi connectivity index (χ3v) is 8.48. The average molecular weight is 466 g/mol. The van der Waals surface area contributed by atoms with E-state index < -0.39 is 16.1 Å². The van der Waals surface area contributed by atoms with Crippen molar-refractivity contribution < 1.29 is 17.6 Å².